The molecule has 1 aliphatic heterocycles. The van der Waals surface area contributed by atoms with E-state index in [0.29, 0.717) is 27.1 Å². The number of nitrogens with zero attached hydrogens (tertiary/aromatic N) is 1. The van der Waals surface area contributed by atoms with Crippen molar-refractivity contribution in [2.45, 2.75) is 0 Å². The van der Waals surface area contributed by atoms with Crippen molar-refractivity contribution in [2.75, 3.05) is 19.2 Å². The monoisotopic (exact) mass is 306 g/mol. The number of aromatic nitrogens is 1. The van der Waals surface area contributed by atoms with Crippen molar-refractivity contribution in [3.05, 3.63) is 34.8 Å². The SMILES string of the molecule is COC(=O)c1cnc(NC(=O)c2ccc3c(c2)OCO3)s1. The van der Waals surface area contributed by atoms with E-state index in [1.165, 1.54) is 13.3 Å². The van der Waals surface area contributed by atoms with Gasteiger partial charge in [-0.2, -0.15) is 0 Å². The molecule has 2 heterocycles. The van der Waals surface area contributed by atoms with Gasteiger partial charge in [-0.05, 0) is 18.2 Å². The van der Waals surface area contributed by atoms with Crippen molar-refractivity contribution in [1.29, 1.82) is 0 Å². The fourth-order valence-electron chi connectivity index (χ4n) is 1.73. The van der Waals surface area contributed by atoms with Gasteiger partial charge in [0.1, 0.15) is 4.88 Å². The van der Waals surface area contributed by atoms with Crippen LogP contribution in [-0.4, -0.2) is 30.8 Å². The van der Waals surface area contributed by atoms with E-state index in [2.05, 4.69) is 15.0 Å². The summed E-state index contributed by atoms with van der Waals surface area (Å²) in [4.78, 5) is 27.7. The van der Waals surface area contributed by atoms with Gasteiger partial charge in [0.05, 0.1) is 13.3 Å². The third-order valence-electron chi connectivity index (χ3n) is 2.75. The summed E-state index contributed by atoms with van der Waals surface area (Å²) in [6.07, 6.45) is 1.35. The zero-order valence-electron chi connectivity index (χ0n) is 10.9. The number of ether oxygens (including phenoxy) is 3. The first-order valence-electron chi connectivity index (χ1n) is 5.92. The topological polar surface area (TPSA) is 86.8 Å². The number of fused-ring (bicyclic) bond motifs is 1. The van der Waals surface area contributed by atoms with Crippen molar-refractivity contribution in [1.82, 2.24) is 4.98 Å². The van der Waals surface area contributed by atoms with E-state index >= 15 is 0 Å². The fraction of sp³-hybridized carbons (Fsp3) is 0.154. The summed E-state index contributed by atoms with van der Waals surface area (Å²) < 4.78 is 15.0. The van der Waals surface area contributed by atoms with Crippen LogP contribution in [0, 0.1) is 0 Å². The Bertz CT molecular complexity index is 712. The van der Waals surface area contributed by atoms with E-state index < -0.39 is 5.97 Å². The van der Waals surface area contributed by atoms with Crippen LogP contribution in [-0.2, 0) is 4.74 Å². The number of nitrogens with one attached hydrogen (secondary N) is 1. The predicted molar refractivity (Wildman–Crippen MR) is 74.0 cm³/mol. The summed E-state index contributed by atoms with van der Waals surface area (Å²) in [7, 11) is 1.28. The van der Waals surface area contributed by atoms with Gasteiger partial charge in [-0.25, -0.2) is 9.78 Å². The number of benzene rings is 1. The molecule has 0 spiro atoms. The Morgan fingerprint density at radius 2 is 2.14 bits per heavy atom. The predicted octanol–water partition coefficient (Wildman–Crippen LogP) is 1.91. The standard InChI is InChI=1S/C13H10N2O5S/c1-18-12(17)10-5-14-13(21-10)15-11(16)7-2-3-8-9(4-7)20-6-19-8/h2-5H,6H2,1H3,(H,14,15,16). The van der Waals surface area contributed by atoms with Crippen LogP contribution < -0.4 is 14.8 Å². The highest BCUT2D eigenvalue weighted by Gasteiger charge is 2.17. The van der Waals surface area contributed by atoms with Gasteiger partial charge in [0.25, 0.3) is 5.91 Å². The van der Waals surface area contributed by atoms with Gasteiger partial charge in [0.2, 0.25) is 6.79 Å². The van der Waals surface area contributed by atoms with Gasteiger partial charge in [0, 0.05) is 5.56 Å². The minimum Gasteiger partial charge on any atom is -0.465 e. The second kappa shape index (κ2) is 5.41. The van der Waals surface area contributed by atoms with Crippen LogP contribution in [0.15, 0.2) is 24.4 Å². The smallest absolute Gasteiger partial charge is 0.349 e. The van der Waals surface area contributed by atoms with Crippen molar-refractivity contribution in [3.63, 3.8) is 0 Å². The molecule has 7 nitrogen and oxygen atoms in total. The summed E-state index contributed by atoms with van der Waals surface area (Å²) in [6, 6.07) is 4.88. The first-order valence-corrected chi connectivity index (χ1v) is 6.74. The lowest BCUT2D eigenvalue weighted by Crippen LogP contribution is -2.11. The van der Waals surface area contributed by atoms with Crippen LogP contribution in [0.4, 0.5) is 5.13 Å². The molecule has 1 aliphatic rings. The number of amides is 1. The van der Waals surface area contributed by atoms with Crippen LogP contribution >= 0.6 is 11.3 Å². The Hall–Kier alpha value is -2.61. The van der Waals surface area contributed by atoms with Gasteiger partial charge >= 0.3 is 5.97 Å². The highest BCUT2D eigenvalue weighted by Crippen LogP contribution is 2.32. The van der Waals surface area contributed by atoms with Crippen molar-refractivity contribution in [3.8, 4) is 11.5 Å². The Kier molecular flexibility index (Phi) is 3.44. The number of methoxy groups -OCH3 is 1. The lowest BCUT2D eigenvalue weighted by molar-refractivity contribution is 0.0606. The summed E-state index contributed by atoms with van der Waals surface area (Å²) >= 11 is 1.04. The number of hydrogen-bond acceptors (Lipinski definition) is 7. The lowest BCUT2D eigenvalue weighted by atomic mass is 10.2. The molecule has 3 rings (SSSR count). The molecular formula is C13H10N2O5S. The third kappa shape index (κ3) is 2.65. The number of esters is 1. The van der Waals surface area contributed by atoms with Gasteiger partial charge in [-0.1, -0.05) is 11.3 Å². The number of hydrogen-bond donors (Lipinski definition) is 1. The average molecular weight is 306 g/mol. The van der Waals surface area contributed by atoms with Gasteiger partial charge < -0.3 is 14.2 Å². The zero-order chi connectivity index (χ0) is 14.8. The summed E-state index contributed by atoms with van der Waals surface area (Å²) in [5, 5.41) is 2.93. The molecule has 1 N–H and O–H groups in total. The Labute approximate surface area is 123 Å². The maximum atomic E-state index is 12.1. The average Bonchev–Trinajstić information content (AvgIpc) is 3.14. The van der Waals surface area contributed by atoms with Crippen LogP contribution in [0.3, 0.4) is 0 Å². The van der Waals surface area contributed by atoms with Crippen molar-refractivity contribution >= 4 is 28.3 Å². The van der Waals surface area contributed by atoms with Gasteiger partial charge in [0.15, 0.2) is 16.6 Å². The molecular weight excluding hydrogens is 296 g/mol. The molecule has 0 saturated carbocycles. The summed E-state index contributed by atoms with van der Waals surface area (Å²) in [5.74, 6) is 0.293. The molecule has 0 saturated heterocycles. The molecule has 1 aromatic heterocycles. The first-order chi connectivity index (χ1) is 10.2. The van der Waals surface area contributed by atoms with E-state index in [1.54, 1.807) is 18.2 Å². The molecule has 0 fully saturated rings. The lowest BCUT2D eigenvalue weighted by Gasteiger charge is -2.02. The molecule has 1 amide bonds. The molecule has 0 unspecified atom stereocenters. The van der Waals surface area contributed by atoms with E-state index in [0.717, 1.165) is 11.3 Å². The number of thiazole rings is 1. The van der Waals surface area contributed by atoms with Crippen LogP contribution in [0.5, 0.6) is 11.5 Å². The third-order valence-corrected chi connectivity index (χ3v) is 3.64. The van der Waals surface area contributed by atoms with E-state index in [1.807, 2.05) is 0 Å². The molecule has 0 aliphatic carbocycles. The second-order valence-corrected chi connectivity index (χ2v) is 5.07. The van der Waals surface area contributed by atoms with E-state index in [-0.39, 0.29) is 12.7 Å². The zero-order valence-corrected chi connectivity index (χ0v) is 11.7. The minimum atomic E-state index is -0.490. The number of carbonyl (C=O) groups is 2. The molecule has 108 valence electrons. The number of rotatable bonds is 3. The Balaban J connectivity index is 1.74. The largest absolute Gasteiger partial charge is 0.465 e. The van der Waals surface area contributed by atoms with E-state index in [9.17, 15) is 9.59 Å². The molecule has 1 aromatic carbocycles. The number of anilines is 1. The fourth-order valence-corrected chi connectivity index (χ4v) is 2.46. The van der Waals surface area contributed by atoms with Crippen LogP contribution in [0.25, 0.3) is 0 Å². The minimum absolute atomic E-state index is 0.148. The molecule has 0 radical (unpaired) electrons. The van der Waals surface area contributed by atoms with E-state index in [4.69, 9.17) is 9.47 Å². The highest BCUT2D eigenvalue weighted by atomic mass is 32.1. The molecule has 0 bridgehead atoms. The first kappa shape index (κ1) is 13.4. The molecule has 8 heteroatoms. The van der Waals surface area contributed by atoms with Crippen molar-refractivity contribution in [2.24, 2.45) is 0 Å². The van der Waals surface area contributed by atoms with Crippen LogP contribution in [0.2, 0.25) is 0 Å². The quantitative estimate of drug-likeness (QED) is 0.872. The Morgan fingerprint density at radius 3 is 2.95 bits per heavy atom. The molecule has 2 aromatic rings. The summed E-state index contributed by atoms with van der Waals surface area (Å²) in [5.41, 5.74) is 0.411. The number of carbonyl (C=O) groups excluding carboxylic acids is 2. The summed E-state index contributed by atoms with van der Waals surface area (Å²) in [6.45, 7) is 0.148. The van der Waals surface area contributed by atoms with Gasteiger partial charge in [-0.15, -0.1) is 0 Å². The highest BCUT2D eigenvalue weighted by molar-refractivity contribution is 7.17. The Morgan fingerprint density at radius 1 is 1.33 bits per heavy atom. The molecule has 0 atom stereocenters. The van der Waals surface area contributed by atoms with Gasteiger partial charge in [-0.3, -0.25) is 10.1 Å². The molecule has 21 heavy (non-hydrogen) atoms. The van der Waals surface area contributed by atoms with Crippen molar-refractivity contribution < 1.29 is 23.8 Å². The maximum absolute atomic E-state index is 12.1. The normalized spacial score (nSPS) is 12.0. The van der Waals surface area contributed by atoms with Crippen LogP contribution in [0.1, 0.15) is 20.0 Å². The maximum Gasteiger partial charge on any atom is 0.349 e. The second-order valence-electron chi connectivity index (χ2n) is 4.04.